The molecule has 0 aliphatic carbocycles. The Kier molecular flexibility index (Phi) is 5.85. The summed E-state index contributed by atoms with van der Waals surface area (Å²) in [4.78, 5) is 2.29. The first-order valence-corrected chi connectivity index (χ1v) is 9.94. The Morgan fingerprint density at radius 3 is 2.83 bits per heavy atom. The van der Waals surface area contributed by atoms with E-state index >= 15 is 0 Å². The van der Waals surface area contributed by atoms with E-state index in [0.29, 0.717) is 0 Å². The minimum Gasteiger partial charge on any atom is -0.312 e. The summed E-state index contributed by atoms with van der Waals surface area (Å²) in [7, 11) is -0.217. The minimum absolute atomic E-state index is 0.803. The highest BCUT2D eigenvalue weighted by Gasteiger charge is 2.14. The Bertz CT molecular complexity index is 737. The molecule has 0 bridgehead atoms. The van der Waals surface area contributed by atoms with Gasteiger partial charge in [0, 0.05) is 33.6 Å². The maximum atomic E-state index is 12.0. The number of hydrogen-bond donors (Lipinski definition) is 2. The maximum Gasteiger partial charge on any atom is 0.0716 e. The summed E-state index contributed by atoms with van der Waals surface area (Å²) < 4.78 is 15.0. The van der Waals surface area contributed by atoms with Crippen LogP contribution in [0.4, 0.5) is 5.69 Å². The lowest BCUT2D eigenvalue weighted by Crippen LogP contribution is -2.19. The van der Waals surface area contributed by atoms with E-state index < -0.39 is 9.71 Å². The lowest BCUT2D eigenvalue weighted by Gasteiger charge is -2.17. The van der Waals surface area contributed by atoms with Gasteiger partial charge in [-0.2, -0.15) is 5.10 Å². The monoisotopic (exact) mass is 334 g/mol. The highest BCUT2D eigenvalue weighted by atomic mass is 32.2. The first-order chi connectivity index (χ1) is 10.9. The van der Waals surface area contributed by atoms with Gasteiger partial charge in [-0.05, 0) is 32.0 Å². The molecule has 0 radical (unpaired) electrons. The van der Waals surface area contributed by atoms with Crippen LogP contribution in [-0.2, 0) is 16.3 Å². The zero-order chi connectivity index (χ0) is 16.9. The Morgan fingerprint density at radius 2 is 2.13 bits per heavy atom. The fourth-order valence-electron chi connectivity index (χ4n) is 2.48. The molecular weight excluding hydrogens is 308 g/mol. The number of para-hydroxylation sites is 1. The van der Waals surface area contributed by atoms with Crippen molar-refractivity contribution in [3.63, 3.8) is 0 Å². The Morgan fingerprint density at radius 1 is 1.39 bits per heavy atom. The topological polar surface area (TPSA) is 61.0 Å². The third-order valence-corrected chi connectivity index (χ3v) is 4.23. The maximum absolute atomic E-state index is 12.0. The third-order valence-electron chi connectivity index (χ3n) is 3.57. The molecule has 1 aromatic carbocycles. The number of anilines is 1. The van der Waals surface area contributed by atoms with Crippen LogP contribution < -0.4 is 4.72 Å². The summed E-state index contributed by atoms with van der Waals surface area (Å²) >= 11 is 0. The average Bonchev–Trinajstić information content (AvgIpc) is 2.92. The number of H-pyrrole nitrogens is 1. The van der Waals surface area contributed by atoms with Crippen molar-refractivity contribution >= 4 is 21.3 Å². The Hall–Kier alpha value is -1.79. The second-order valence-electron chi connectivity index (χ2n) is 6.01. The number of unbranched alkanes of at least 4 members (excludes halogenated alkanes) is 1. The van der Waals surface area contributed by atoms with E-state index in [-0.39, 0.29) is 0 Å². The van der Waals surface area contributed by atoms with E-state index in [1.54, 1.807) is 6.26 Å². The third kappa shape index (κ3) is 5.11. The van der Waals surface area contributed by atoms with Crippen LogP contribution >= 0.6 is 0 Å². The van der Waals surface area contributed by atoms with Gasteiger partial charge in [0.1, 0.15) is 0 Å². The summed E-state index contributed by atoms with van der Waals surface area (Å²) in [5, 5.41) is 7.28. The molecule has 0 saturated heterocycles. The number of nitrogens with zero attached hydrogens (tertiary/aromatic N) is 2. The second kappa shape index (κ2) is 7.66. The van der Waals surface area contributed by atoms with Gasteiger partial charge in [-0.15, -0.1) is 0 Å². The molecule has 1 unspecified atom stereocenters. The van der Waals surface area contributed by atoms with Crippen molar-refractivity contribution in [3.05, 3.63) is 36.0 Å². The first kappa shape index (κ1) is 17.6. The van der Waals surface area contributed by atoms with E-state index in [2.05, 4.69) is 39.7 Å². The zero-order valence-electron chi connectivity index (χ0n) is 14.1. The number of benzene rings is 1. The number of rotatable bonds is 8. The van der Waals surface area contributed by atoms with Gasteiger partial charge >= 0.3 is 0 Å². The van der Waals surface area contributed by atoms with E-state index in [1.165, 1.54) is 12.8 Å². The number of hydrogen-bond acceptors (Lipinski definition) is 3. The number of nitrogens with one attached hydrogen (secondary N) is 2. The first-order valence-electron chi connectivity index (χ1n) is 7.81. The molecule has 6 heteroatoms. The molecular formula is C17H26N4OS. The van der Waals surface area contributed by atoms with Crippen molar-refractivity contribution in [3.8, 4) is 11.3 Å². The zero-order valence-corrected chi connectivity index (χ0v) is 14.9. The highest BCUT2D eigenvalue weighted by molar-refractivity contribution is 8.00. The van der Waals surface area contributed by atoms with Gasteiger partial charge in [-0.25, -0.2) is 4.21 Å². The molecule has 2 rings (SSSR count). The van der Waals surface area contributed by atoms with Crippen LogP contribution in [-0.4, -0.2) is 45.0 Å². The number of aromatic amines is 1. The second-order valence-corrected chi connectivity index (χ2v) is 8.23. The van der Waals surface area contributed by atoms with Crippen molar-refractivity contribution < 1.29 is 4.21 Å². The van der Waals surface area contributed by atoms with Crippen LogP contribution in [0.25, 0.3) is 11.3 Å². The van der Waals surface area contributed by atoms with Crippen molar-refractivity contribution in [1.29, 1.82) is 0 Å². The average molecular weight is 334 g/mol. The minimum atomic E-state index is -2.33. The van der Waals surface area contributed by atoms with Crippen LogP contribution in [0.5, 0.6) is 0 Å². The Balaban J connectivity index is 2.28. The normalized spacial score (nSPS) is 13.9. The smallest absolute Gasteiger partial charge is 0.0716 e. The molecule has 5 nitrogen and oxygen atoms in total. The number of aromatic nitrogens is 2. The fourth-order valence-corrected chi connectivity index (χ4v) is 3.13. The summed E-state index contributed by atoms with van der Waals surface area (Å²) in [6.45, 7) is 4.08. The van der Waals surface area contributed by atoms with Crippen molar-refractivity contribution in [1.82, 2.24) is 15.1 Å². The van der Waals surface area contributed by atoms with Gasteiger partial charge in [0.2, 0.25) is 0 Å². The molecule has 0 spiro atoms. The quantitative estimate of drug-likeness (QED) is 0.730. The van der Waals surface area contributed by atoms with E-state index in [9.17, 15) is 4.21 Å². The summed E-state index contributed by atoms with van der Waals surface area (Å²) in [6, 6.07) is 7.79. The van der Waals surface area contributed by atoms with Crippen LogP contribution in [0.1, 0.15) is 25.3 Å². The van der Waals surface area contributed by atoms with Crippen molar-refractivity contribution in [2.75, 3.05) is 24.6 Å². The molecule has 1 heterocycles. The van der Waals surface area contributed by atoms with Gasteiger partial charge in [-0.1, -0.05) is 31.5 Å². The SMILES string of the molecule is C=S(C)(=O)Nc1ccccc1-c1[nH]ncc1CN(C)CCCC. The summed E-state index contributed by atoms with van der Waals surface area (Å²) in [6.07, 6.45) is 5.82. The Labute approximate surface area is 139 Å². The molecule has 23 heavy (non-hydrogen) atoms. The van der Waals surface area contributed by atoms with Gasteiger partial charge in [0.05, 0.1) is 17.6 Å². The molecule has 1 atom stereocenters. The molecule has 2 N–H and O–H groups in total. The molecule has 0 saturated carbocycles. The summed E-state index contributed by atoms with van der Waals surface area (Å²) in [5.41, 5.74) is 3.85. The largest absolute Gasteiger partial charge is 0.312 e. The van der Waals surface area contributed by atoms with E-state index in [1.807, 2.05) is 30.5 Å². The van der Waals surface area contributed by atoms with Crippen molar-refractivity contribution in [2.24, 2.45) is 0 Å². The van der Waals surface area contributed by atoms with E-state index in [4.69, 9.17) is 0 Å². The van der Waals surface area contributed by atoms with Crippen LogP contribution in [0, 0.1) is 0 Å². The van der Waals surface area contributed by atoms with Crippen LogP contribution in [0.3, 0.4) is 0 Å². The molecule has 0 fully saturated rings. The predicted molar refractivity (Wildman–Crippen MR) is 100 cm³/mol. The molecule has 1 aromatic heterocycles. The molecule has 0 amide bonds. The highest BCUT2D eigenvalue weighted by Crippen LogP contribution is 2.29. The molecule has 0 aliphatic rings. The van der Waals surface area contributed by atoms with Crippen molar-refractivity contribution in [2.45, 2.75) is 26.3 Å². The standard InChI is InChI=1S/C17H26N4OS/c1-5-6-11-21(2)13-14-12-18-19-17(14)15-9-7-8-10-16(15)20-23(3,4)22/h7-10,12H,3,5-6,11,13H2,1-2,4H3,(H,18,19)(H,20,22). The lowest BCUT2D eigenvalue weighted by atomic mass is 10.1. The molecule has 0 aliphatic heterocycles. The molecule has 2 aromatic rings. The van der Waals surface area contributed by atoms with E-state index in [0.717, 1.165) is 35.6 Å². The van der Waals surface area contributed by atoms with Gasteiger partial charge in [-0.3, -0.25) is 5.10 Å². The van der Waals surface area contributed by atoms with Crippen LogP contribution in [0.2, 0.25) is 0 Å². The van der Waals surface area contributed by atoms with Crippen LogP contribution in [0.15, 0.2) is 30.5 Å². The molecule has 126 valence electrons. The van der Waals surface area contributed by atoms with Gasteiger partial charge < -0.3 is 9.62 Å². The lowest BCUT2D eigenvalue weighted by molar-refractivity contribution is 0.321. The fraction of sp³-hybridized carbons (Fsp3) is 0.412. The summed E-state index contributed by atoms with van der Waals surface area (Å²) in [5.74, 6) is 3.68. The van der Waals surface area contributed by atoms with Gasteiger partial charge in [0.25, 0.3) is 0 Å². The van der Waals surface area contributed by atoms with Gasteiger partial charge in [0.15, 0.2) is 0 Å². The predicted octanol–water partition coefficient (Wildman–Crippen LogP) is 2.98.